The highest BCUT2D eigenvalue weighted by Gasteiger charge is 2.33. The van der Waals surface area contributed by atoms with Gasteiger partial charge in [-0.15, -0.1) is 10.2 Å². The van der Waals surface area contributed by atoms with Crippen molar-refractivity contribution in [3.05, 3.63) is 70.7 Å². The summed E-state index contributed by atoms with van der Waals surface area (Å²) in [5.74, 6) is 0.630. The molecular formula is C27H31N7O2. The number of H-pyrrole nitrogens is 1. The Morgan fingerprint density at radius 1 is 1.14 bits per heavy atom. The number of hydrogen-bond donors (Lipinski definition) is 1. The van der Waals surface area contributed by atoms with Crippen LogP contribution >= 0.6 is 0 Å². The predicted octanol–water partition coefficient (Wildman–Crippen LogP) is 4.21. The van der Waals surface area contributed by atoms with Crippen LogP contribution in [-0.4, -0.2) is 40.5 Å². The van der Waals surface area contributed by atoms with Gasteiger partial charge in [0.1, 0.15) is 5.78 Å². The molecule has 5 rings (SSSR count). The van der Waals surface area contributed by atoms with Crippen molar-refractivity contribution in [3.8, 4) is 22.5 Å². The number of pyridine rings is 1. The Labute approximate surface area is 209 Å². The van der Waals surface area contributed by atoms with Crippen LogP contribution in [0.3, 0.4) is 0 Å². The van der Waals surface area contributed by atoms with E-state index >= 15 is 0 Å². The second-order valence-corrected chi connectivity index (χ2v) is 9.57. The van der Waals surface area contributed by atoms with E-state index in [4.69, 9.17) is 0 Å². The number of rotatable bonds is 9. The van der Waals surface area contributed by atoms with Crippen LogP contribution in [0.15, 0.2) is 53.6 Å². The van der Waals surface area contributed by atoms with Gasteiger partial charge in [-0.1, -0.05) is 38.0 Å². The minimum atomic E-state index is -0.0782. The Bertz CT molecular complexity index is 1400. The lowest BCUT2D eigenvalue weighted by molar-refractivity contribution is -0.121. The second-order valence-electron chi connectivity index (χ2n) is 9.57. The molecule has 4 aromatic rings. The normalized spacial score (nSPS) is 17.5. The minimum Gasteiger partial charge on any atom is -0.300 e. The zero-order valence-corrected chi connectivity index (χ0v) is 20.7. The fourth-order valence-electron chi connectivity index (χ4n) is 5.29. The molecule has 1 aliphatic carbocycles. The number of nitrogens with zero attached hydrogens (tertiary/aromatic N) is 6. The molecule has 9 heteroatoms. The summed E-state index contributed by atoms with van der Waals surface area (Å²) in [6.07, 6.45) is 9.33. The summed E-state index contributed by atoms with van der Waals surface area (Å²) in [7, 11) is 0. The maximum Gasteiger partial charge on any atom is 0.328 e. The van der Waals surface area contributed by atoms with E-state index in [1.165, 1.54) is 0 Å². The molecule has 9 nitrogen and oxygen atoms in total. The van der Waals surface area contributed by atoms with E-state index in [9.17, 15) is 9.59 Å². The zero-order chi connectivity index (χ0) is 25.1. The lowest BCUT2D eigenvalue weighted by Crippen LogP contribution is -2.31. The summed E-state index contributed by atoms with van der Waals surface area (Å²) in [4.78, 5) is 30.4. The zero-order valence-electron chi connectivity index (χ0n) is 20.7. The molecular weight excluding hydrogens is 454 g/mol. The van der Waals surface area contributed by atoms with Gasteiger partial charge in [0.2, 0.25) is 5.82 Å². The molecule has 3 aromatic heterocycles. The quantitative estimate of drug-likeness (QED) is 0.380. The average Bonchev–Trinajstić information content (AvgIpc) is 3.65. The summed E-state index contributed by atoms with van der Waals surface area (Å²) in [6.45, 7) is 4.18. The van der Waals surface area contributed by atoms with E-state index in [0.717, 1.165) is 66.6 Å². The predicted molar refractivity (Wildman–Crippen MR) is 136 cm³/mol. The maximum atomic E-state index is 13.6. The number of nitrogens with one attached hydrogen (secondary N) is 1. The molecule has 1 N–H and O–H groups in total. The molecule has 0 spiro atoms. The van der Waals surface area contributed by atoms with Crippen molar-refractivity contribution in [2.45, 2.75) is 65.0 Å². The van der Waals surface area contributed by atoms with E-state index in [1.54, 1.807) is 13.1 Å². The van der Waals surface area contributed by atoms with Gasteiger partial charge in [-0.3, -0.25) is 18.9 Å². The number of unbranched alkanes of at least 4 members (excludes halogenated alkanes) is 1. The van der Waals surface area contributed by atoms with Crippen molar-refractivity contribution in [2.24, 2.45) is 5.92 Å². The Morgan fingerprint density at radius 2 is 1.97 bits per heavy atom. The van der Waals surface area contributed by atoms with Crippen LogP contribution < -0.4 is 5.69 Å². The van der Waals surface area contributed by atoms with Gasteiger partial charge in [-0.25, -0.2) is 4.79 Å². The average molecular weight is 486 g/mol. The number of carbonyl (C=O) groups is 1. The van der Waals surface area contributed by atoms with Crippen molar-refractivity contribution in [1.82, 2.24) is 34.7 Å². The molecule has 1 fully saturated rings. The van der Waals surface area contributed by atoms with Crippen molar-refractivity contribution in [1.29, 1.82) is 0 Å². The third kappa shape index (κ3) is 4.78. The number of Topliss-reactive ketones (excluding diaryl/α,β-unsaturated/α-hetero) is 1. The first-order chi connectivity index (χ1) is 17.5. The van der Waals surface area contributed by atoms with Gasteiger partial charge in [0.25, 0.3) is 0 Å². The van der Waals surface area contributed by atoms with Gasteiger partial charge in [-0.05, 0) is 67.1 Å². The first kappa shape index (κ1) is 23.8. The van der Waals surface area contributed by atoms with Crippen LogP contribution in [0.5, 0.6) is 0 Å². The number of imidazole rings is 1. The highest BCUT2D eigenvalue weighted by molar-refractivity contribution is 5.79. The molecule has 2 unspecified atom stereocenters. The molecule has 0 radical (unpaired) electrons. The molecule has 1 saturated carbocycles. The Kier molecular flexibility index (Phi) is 6.88. The molecule has 0 amide bonds. The van der Waals surface area contributed by atoms with E-state index in [2.05, 4.69) is 32.5 Å². The third-order valence-corrected chi connectivity index (χ3v) is 7.17. The van der Waals surface area contributed by atoms with Crippen LogP contribution in [0.4, 0.5) is 0 Å². The molecule has 0 aliphatic heterocycles. The molecule has 2 atom stereocenters. The lowest BCUT2D eigenvalue weighted by Gasteiger charge is -2.17. The number of aromatic amines is 1. The van der Waals surface area contributed by atoms with Gasteiger partial charge in [0.05, 0.1) is 12.2 Å². The third-order valence-electron chi connectivity index (χ3n) is 7.17. The Morgan fingerprint density at radius 3 is 2.75 bits per heavy atom. The van der Waals surface area contributed by atoms with Crippen molar-refractivity contribution in [3.63, 3.8) is 0 Å². The topological polar surface area (TPSA) is 111 Å². The van der Waals surface area contributed by atoms with Gasteiger partial charge in [0, 0.05) is 35.6 Å². The smallest absolute Gasteiger partial charge is 0.300 e. The summed E-state index contributed by atoms with van der Waals surface area (Å²) >= 11 is 0. The van der Waals surface area contributed by atoms with Gasteiger partial charge in [-0.2, -0.15) is 5.21 Å². The van der Waals surface area contributed by atoms with Crippen LogP contribution in [0.25, 0.3) is 22.5 Å². The van der Waals surface area contributed by atoms with E-state index in [-0.39, 0.29) is 23.4 Å². The summed E-state index contributed by atoms with van der Waals surface area (Å²) in [5.41, 5.74) is 4.64. The molecule has 3 heterocycles. The molecule has 1 aliphatic rings. The summed E-state index contributed by atoms with van der Waals surface area (Å²) in [6, 6.07) is 11.9. The Hall–Kier alpha value is -3.88. The van der Waals surface area contributed by atoms with E-state index < -0.39 is 0 Å². The van der Waals surface area contributed by atoms with Gasteiger partial charge < -0.3 is 0 Å². The number of ketones is 1. The summed E-state index contributed by atoms with van der Waals surface area (Å²) < 4.78 is 3.66. The first-order valence-electron chi connectivity index (χ1n) is 12.7. The number of tetrazole rings is 1. The van der Waals surface area contributed by atoms with Gasteiger partial charge >= 0.3 is 5.69 Å². The monoisotopic (exact) mass is 485 g/mol. The number of carbonyl (C=O) groups excluding carboxylic acids is 1. The molecule has 0 saturated heterocycles. The van der Waals surface area contributed by atoms with Crippen molar-refractivity contribution < 1.29 is 4.79 Å². The van der Waals surface area contributed by atoms with E-state index in [0.29, 0.717) is 12.4 Å². The SMILES string of the molecule is CCCCc1cn(C2CCCC2C(C)=O)c(=O)n1Cc1cc(-c2cccc(-c3nn[nH]n3)c2)ccn1. The second kappa shape index (κ2) is 10.4. The van der Waals surface area contributed by atoms with Crippen molar-refractivity contribution in [2.75, 3.05) is 0 Å². The number of benzene rings is 1. The minimum absolute atomic E-state index is 0.0504. The van der Waals surface area contributed by atoms with Gasteiger partial charge in [0.15, 0.2) is 0 Å². The van der Waals surface area contributed by atoms with Crippen LogP contribution in [0.1, 0.15) is 63.4 Å². The lowest BCUT2D eigenvalue weighted by atomic mass is 9.99. The Balaban J connectivity index is 1.47. The molecule has 1 aromatic carbocycles. The maximum absolute atomic E-state index is 13.6. The number of aryl methyl sites for hydroxylation is 1. The first-order valence-corrected chi connectivity index (χ1v) is 12.7. The van der Waals surface area contributed by atoms with Crippen LogP contribution in [-0.2, 0) is 17.8 Å². The van der Waals surface area contributed by atoms with E-state index in [1.807, 2.05) is 51.7 Å². The molecule has 36 heavy (non-hydrogen) atoms. The highest BCUT2D eigenvalue weighted by atomic mass is 16.2. The number of aromatic nitrogens is 7. The molecule has 186 valence electrons. The summed E-state index contributed by atoms with van der Waals surface area (Å²) in [5, 5.41) is 14.3. The fraction of sp³-hybridized carbons (Fsp3) is 0.407. The van der Waals surface area contributed by atoms with Crippen molar-refractivity contribution >= 4 is 5.78 Å². The highest BCUT2D eigenvalue weighted by Crippen LogP contribution is 2.36. The largest absolute Gasteiger partial charge is 0.328 e. The fourth-order valence-corrected chi connectivity index (χ4v) is 5.29. The van der Waals surface area contributed by atoms with Crippen LogP contribution in [0, 0.1) is 5.92 Å². The molecule has 0 bridgehead atoms. The van der Waals surface area contributed by atoms with Crippen LogP contribution in [0.2, 0.25) is 0 Å². The number of hydrogen-bond acceptors (Lipinski definition) is 6. The standard InChI is InChI=1S/C27H31N7O2/c1-3-4-9-23-17-34(25-11-6-10-24(25)18(2)35)27(36)33(23)16-22-15-20(12-13-28-22)19-7-5-8-21(14-19)26-29-31-32-30-26/h5,7-8,12-15,17,24-25H,3-4,6,9-11,16H2,1-2H3,(H,29,30,31,32).